The maximum absolute atomic E-state index is 13.7. The van der Waals surface area contributed by atoms with Gasteiger partial charge in [-0.1, -0.05) is 36.2 Å². The molecular weight excluding hydrogens is 548 g/mol. The van der Waals surface area contributed by atoms with E-state index in [-0.39, 0.29) is 36.4 Å². The second-order valence-electron chi connectivity index (χ2n) is 11.4. The first-order chi connectivity index (χ1) is 19.1. The maximum atomic E-state index is 13.7. The van der Waals surface area contributed by atoms with Crippen LogP contribution in [0.25, 0.3) is 0 Å². The Bertz CT molecular complexity index is 1390. The lowest BCUT2D eigenvalue weighted by molar-refractivity contribution is -0.132. The fraction of sp³-hybridized carbons (Fsp3) is 0.533. The number of fused-ring (bicyclic) bond motifs is 1. The molecule has 40 heavy (non-hydrogen) atoms. The fourth-order valence-electron chi connectivity index (χ4n) is 6.26. The standard InChI is InChI=1S/C30H39ClN4O4S/c1-20-16-28(21(2)15-25(20)31)40(38,39)35-14-11-32-30(37)27(35)18-29(36)33-26-8-6-7-23-17-22(9-10-24(23)26)19-34-12-4-3-5-13-34/h9-10,15-17,26-27H,3-8,11-14,18-19H2,1-2H3,(H,32,37)(H,33,36)/t26-,27-/m1/s1. The molecule has 2 atom stereocenters. The van der Waals surface area contributed by atoms with E-state index in [0.29, 0.717) is 16.1 Å². The summed E-state index contributed by atoms with van der Waals surface area (Å²) in [6.07, 6.45) is 6.35. The molecule has 8 nitrogen and oxygen atoms in total. The average Bonchev–Trinajstić information content (AvgIpc) is 2.92. The van der Waals surface area contributed by atoms with Crippen LogP contribution < -0.4 is 10.6 Å². The van der Waals surface area contributed by atoms with Gasteiger partial charge in [0.2, 0.25) is 21.8 Å². The first kappa shape index (κ1) is 29.0. The molecule has 0 saturated carbocycles. The minimum atomic E-state index is -4.03. The van der Waals surface area contributed by atoms with Crippen molar-refractivity contribution >= 4 is 33.4 Å². The van der Waals surface area contributed by atoms with Gasteiger partial charge in [0.15, 0.2) is 0 Å². The quantitative estimate of drug-likeness (QED) is 0.511. The van der Waals surface area contributed by atoms with Crippen molar-refractivity contribution in [3.63, 3.8) is 0 Å². The van der Waals surface area contributed by atoms with Gasteiger partial charge in [-0.15, -0.1) is 0 Å². The van der Waals surface area contributed by atoms with Gasteiger partial charge < -0.3 is 10.6 Å². The van der Waals surface area contributed by atoms with E-state index in [9.17, 15) is 18.0 Å². The highest BCUT2D eigenvalue weighted by Crippen LogP contribution is 2.32. The number of halogens is 1. The lowest BCUT2D eigenvalue weighted by atomic mass is 9.86. The van der Waals surface area contributed by atoms with Crippen LogP contribution in [-0.4, -0.2) is 61.7 Å². The molecule has 2 heterocycles. The van der Waals surface area contributed by atoms with Crippen molar-refractivity contribution in [3.8, 4) is 0 Å². The van der Waals surface area contributed by atoms with Crippen molar-refractivity contribution in [3.05, 3.63) is 63.2 Å². The molecule has 2 aliphatic heterocycles. The smallest absolute Gasteiger partial charge is 0.244 e. The fourth-order valence-corrected chi connectivity index (χ4v) is 8.35. The summed E-state index contributed by atoms with van der Waals surface area (Å²) in [7, 11) is -4.03. The lowest BCUT2D eigenvalue weighted by Crippen LogP contribution is -2.58. The number of carbonyl (C=O) groups is 2. The van der Waals surface area contributed by atoms with Crippen LogP contribution in [0.1, 0.15) is 72.4 Å². The SMILES string of the molecule is Cc1cc(S(=O)(=O)N2CCNC(=O)[C@H]2CC(=O)N[C@@H]2CCCc3cc(CN4CCCCC4)ccc32)c(C)cc1Cl. The highest BCUT2D eigenvalue weighted by molar-refractivity contribution is 7.89. The predicted octanol–water partition coefficient (Wildman–Crippen LogP) is 4.02. The minimum absolute atomic E-state index is 0.0964. The zero-order valence-corrected chi connectivity index (χ0v) is 24.9. The van der Waals surface area contributed by atoms with Crippen LogP contribution >= 0.6 is 11.6 Å². The summed E-state index contributed by atoms with van der Waals surface area (Å²) in [4.78, 5) is 28.8. The Balaban J connectivity index is 1.30. The van der Waals surface area contributed by atoms with Crippen molar-refractivity contribution in [1.82, 2.24) is 19.8 Å². The summed E-state index contributed by atoms with van der Waals surface area (Å²) in [5.41, 5.74) is 4.83. The number of piperidine rings is 1. The molecule has 2 saturated heterocycles. The zero-order valence-electron chi connectivity index (χ0n) is 23.3. The molecule has 2 fully saturated rings. The van der Waals surface area contributed by atoms with E-state index in [1.807, 2.05) is 0 Å². The lowest BCUT2D eigenvalue weighted by Gasteiger charge is -2.35. The molecule has 5 rings (SSSR count). The maximum Gasteiger partial charge on any atom is 0.244 e. The van der Waals surface area contributed by atoms with Crippen LogP contribution in [0.15, 0.2) is 35.2 Å². The van der Waals surface area contributed by atoms with E-state index in [1.165, 1.54) is 40.8 Å². The number of nitrogens with one attached hydrogen (secondary N) is 2. The molecule has 0 aromatic heterocycles. The van der Waals surface area contributed by atoms with E-state index in [1.54, 1.807) is 19.9 Å². The Morgan fingerprint density at radius 1 is 1.05 bits per heavy atom. The molecule has 0 unspecified atom stereocenters. The number of rotatable bonds is 7. The minimum Gasteiger partial charge on any atom is -0.353 e. The first-order valence-electron chi connectivity index (χ1n) is 14.3. The van der Waals surface area contributed by atoms with Crippen LogP contribution in [0, 0.1) is 13.8 Å². The molecule has 10 heteroatoms. The molecule has 1 aliphatic carbocycles. The van der Waals surface area contributed by atoms with Gasteiger partial charge >= 0.3 is 0 Å². The molecular formula is C30H39ClN4O4S. The monoisotopic (exact) mass is 586 g/mol. The van der Waals surface area contributed by atoms with E-state index >= 15 is 0 Å². The highest BCUT2D eigenvalue weighted by atomic mass is 35.5. The number of nitrogens with zero attached hydrogens (tertiary/aromatic N) is 2. The number of piperazine rings is 1. The van der Waals surface area contributed by atoms with Gasteiger partial charge in [-0.2, -0.15) is 4.31 Å². The van der Waals surface area contributed by atoms with Gasteiger partial charge in [-0.3, -0.25) is 14.5 Å². The third-order valence-electron chi connectivity index (χ3n) is 8.42. The van der Waals surface area contributed by atoms with Crippen LogP contribution in [0.4, 0.5) is 0 Å². The summed E-state index contributed by atoms with van der Waals surface area (Å²) in [5.74, 6) is -0.791. The van der Waals surface area contributed by atoms with Crippen molar-refractivity contribution < 1.29 is 18.0 Å². The van der Waals surface area contributed by atoms with Gasteiger partial charge in [0.05, 0.1) is 17.4 Å². The third-order valence-corrected chi connectivity index (χ3v) is 10.9. The van der Waals surface area contributed by atoms with Crippen LogP contribution in [0.5, 0.6) is 0 Å². The Kier molecular flexibility index (Phi) is 8.85. The van der Waals surface area contributed by atoms with Crippen LogP contribution in [0.3, 0.4) is 0 Å². The number of sulfonamides is 1. The van der Waals surface area contributed by atoms with E-state index < -0.39 is 22.0 Å². The van der Waals surface area contributed by atoms with Crippen LogP contribution in [0.2, 0.25) is 5.02 Å². The summed E-state index contributed by atoms with van der Waals surface area (Å²) in [6, 6.07) is 8.46. The summed E-state index contributed by atoms with van der Waals surface area (Å²) < 4.78 is 28.6. The molecule has 2 N–H and O–H groups in total. The Labute approximate surface area is 242 Å². The number of amides is 2. The molecule has 0 spiro atoms. The molecule has 2 aromatic carbocycles. The van der Waals surface area contributed by atoms with Gasteiger partial charge in [0.25, 0.3) is 0 Å². The molecule has 0 bridgehead atoms. The van der Waals surface area contributed by atoms with E-state index in [4.69, 9.17) is 11.6 Å². The number of hydrogen-bond donors (Lipinski definition) is 2. The number of carbonyl (C=O) groups excluding carboxylic acids is 2. The van der Waals surface area contributed by atoms with Crippen LogP contribution in [-0.2, 0) is 32.6 Å². The molecule has 3 aliphatic rings. The Morgan fingerprint density at radius 2 is 1.82 bits per heavy atom. The van der Waals surface area contributed by atoms with Crippen molar-refractivity contribution in [2.45, 2.75) is 82.3 Å². The third kappa shape index (κ3) is 6.22. The predicted molar refractivity (Wildman–Crippen MR) is 156 cm³/mol. The number of aryl methyl sites for hydroxylation is 3. The summed E-state index contributed by atoms with van der Waals surface area (Å²) in [6.45, 7) is 6.97. The van der Waals surface area contributed by atoms with Gasteiger partial charge in [-0.25, -0.2) is 8.42 Å². The topological polar surface area (TPSA) is 98.8 Å². The zero-order chi connectivity index (χ0) is 28.4. The van der Waals surface area contributed by atoms with Gasteiger partial charge in [0, 0.05) is 24.7 Å². The molecule has 216 valence electrons. The molecule has 0 radical (unpaired) electrons. The van der Waals surface area contributed by atoms with Gasteiger partial charge in [-0.05, 0) is 99.0 Å². The first-order valence-corrected chi connectivity index (χ1v) is 16.1. The van der Waals surface area contributed by atoms with E-state index in [0.717, 1.165) is 44.5 Å². The average molecular weight is 587 g/mol. The number of likely N-dealkylation sites (tertiary alicyclic amines) is 1. The van der Waals surface area contributed by atoms with Crippen molar-refractivity contribution in [2.24, 2.45) is 0 Å². The van der Waals surface area contributed by atoms with Crippen molar-refractivity contribution in [2.75, 3.05) is 26.2 Å². The van der Waals surface area contributed by atoms with Gasteiger partial charge in [0.1, 0.15) is 6.04 Å². The summed E-state index contributed by atoms with van der Waals surface area (Å²) >= 11 is 6.20. The molecule has 2 amide bonds. The number of benzene rings is 2. The second-order valence-corrected chi connectivity index (χ2v) is 13.6. The normalized spacial score (nSPS) is 22.4. The number of hydrogen-bond acceptors (Lipinski definition) is 5. The Morgan fingerprint density at radius 3 is 2.60 bits per heavy atom. The largest absolute Gasteiger partial charge is 0.353 e. The van der Waals surface area contributed by atoms with E-state index in [2.05, 4.69) is 33.7 Å². The second kappa shape index (κ2) is 12.2. The molecule has 2 aromatic rings. The summed E-state index contributed by atoms with van der Waals surface area (Å²) in [5, 5.41) is 6.33. The van der Waals surface area contributed by atoms with Crippen molar-refractivity contribution in [1.29, 1.82) is 0 Å². The highest BCUT2D eigenvalue weighted by Gasteiger charge is 2.40. The Hall–Kier alpha value is -2.46.